The molecular formula is C20H25N3O3. The normalized spacial score (nSPS) is 11.5. The van der Waals surface area contributed by atoms with Crippen LogP contribution in [0.4, 0.5) is 5.69 Å². The summed E-state index contributed by atoms with van der Waals surface area (Å²) in [6.07, 6.45) is 0.438. The number of likely N-dealkylation sites (N-methyl/N-ethyl adjacent to an activating group) is 1. The zero-order valence-electron chi connectivity index (χ0n) is 15.1. The Kier molecular flexibility index (Phi) is 7.17. The summed E-state index contributed by atoms with van der Waals surface area (Å²) in [5, 5.41) is 2.77. The van der Waals surface area contributed by atoms with Gasteiger partial charge in [0, 0.05) is 18.3 Å². The molecule has 0 bridgehead atoms. The Morgan fingerprint density at radius 2 is 1.88 bits per heavy atom. The molecule has 6 heteroatoms. The van der Waals surface area contributed by atoms with Crippen molar-refractivity contribution in [1.82, 2.24) is 4.90 Å². The first-order valence-corrected chi connectivity index (χ1v) is 8.55. The van der Waals surface area contributed by atoms with Crippen molar-refractivity contribution in [2.75, 3.05) is 25.5 Å². The molecule has 0 heterocycles. The van der Waals surface area contributed by atoms with Gasteiger partial charge < -0.3 is 20.7 Å². The molecule has 2 amide bonds. The topological polar surface area (TPSA) is 84.7 Å². The lowest BCUT2D eigenvalue weighted by molar-refractivity contribution is -0.135. The number of carbonyl (C=O) groups is 2. The van der Waals surface area contributed by atoms with Crippen molar-refractivity contribution < 1.29 is 14.3 Å². The van der Waals surface area contributed by atoms with Crippen LogP contribution in [0.5, 0.6) is 5.75 Å². The van der Waals surface area contributed by atoms with E-state index in [-0.39, 0.29) is 18.4 Å². The SMILES string of the molecule is CCN(CC(=O)Nc1cccc(OC)c1)C(=O)C(N)Cc1ccccc1. The second-order valence-electron chi connectivity index (χ2n) is 5.93. The van der Waals surface area contributed by atoms with Gasteiger partial charge in [0.1, 0.15) is 5.75 Å². The fourth-order valence-electron chi connectivity index (χ4n) is 2.61. The van der Waals surface area contributed by atoms with Gasteiger partial charge in [-0.2, -0.15) is 0 Å². The molecule has 6 nitrogen and oxygen atoms in total. The zero-order valence-corrected chi connectivity index (χ0v) is 15.1. The van der Waals surface area contributed by atoms with Crippen LogP contribution in [0.3, 0.4) is 0 Å². The fourth-order valence-corrected chi connectivity index (χ4v) is 2.61. The van der Waals surface area contributed by atoms with Gasteiger partial charge in [0.15, 0.2) is 0 Å². The van der Waals surface area contributed by atoms with Crippen molar-refractivity contribution >= 4 is 17.5 Å². The number of hydrogen-bond acceptors (Lipinski definition) is 4. The zero-order chi connectivity index (χ0) is 18.9. The number of amides is 2. The van der Waals surface area contributed by atoms with Gasteiger partial charge >= 0.3 is 0 Å². The molecule has 2 aromatic rings. The lowest BCUT2D eigenvalue weighted by Gasteiger charge is -2.24. The molecule has 0 aliphatic carbocycles. The summed E-state index contributed by atoms with van der Waals surface area (Å²) in [6.45, 7) is 2.19. The highest BCUT2D eigenvalue weighted by Crippen LogP contribution is 2.16. The molecule has 138 valence electrons. The molecular weight excluding hydrogens is 330 g/mol. The van der Waals surface area contributed by atoms with E-state index >= 15 is 0 Å². The molecule has 0 radical (unpaired) electrons. The Balaban J connectivity index is 1.94. The van der Waals surface area contributed by atoms with E-state index in [0.717, 1.165) is 5.56 Å². The van der Waals surface area contributed by atoms with Crippen LogP contribution in [0, 0.1) is 0 Å². The van der Waals surface area contributed by atoms with E-state index in [9.17, 15) is 9.59 Å². The van der Waals surface area contributed by atoms with E-state index < -0.39 is 6.04 Å². The first kappa shape index (κ1) is 19.5. The molecule has 26 heavy (non-hydrogen) atoms. The van der Waals surface area contributed by atoms with Gasteiger partial charge in [-0.3, -0.25) is 9.59 Å². The predicted octanol–water partition coefficient (Wildman–Crippen LogP) is 2.05. The maximum absolute atomic E-state index is 12.6. The molecule has 2 rings (SSSR count). The smallest absolute Gasteiger partial charge is 0.243 e. The van der Waals surface area contributed by atoms with Crippen molar-refractivity contribution in [2.24, 2.45) is 5.73 Å². The molecule has 0 fully saturated rings. The third kappa shape index (κ3) is 5.60. The highest BCUT2D eigenvalue weighted by atomic mass is 16.5. The van der Waals surface area contributed by atoms with Gasteiger partial charge in [-0.1, -0.05) is 36.4 Å². The van der Waals surface area contributed by atoms with E-state index in [1.807, 2.05) is 37.3 Å². The van der Waals surface area contributed by atoms with E-state index in [2.05, 4.69) is 5.32 Å². The van der Waals surface area contributed by atoms with E-state index in [1.54, 1.807) is 31.4 Å². The Bertz CT molecular complexity index is 734. The largest absolute Gasteiger partial charge is 0.497 e. The first-order valence-electron chi connectivity index (χ1n) is 8.55. The average Bonchev–Trinajstić information content (AvgIpc) is 2.66. The standard InChI is InChI=1S/C20H25N3O3/c1-3-23(20(25)18(21)12-15-8-5-4-6-9-15)14-19(24)22-16-10-7-11-17(13-16)26-2/h4-11,13,18H,3,12,14,21H2,1-2H3,(H,22,24). The van der Waals surface area contributed by atoms with E-state index in [1.165, 1.54) is 4.90 Å². The van der Waals surface area contributed by atoms with Crippen molar-refractivity contribution in [3.8, 4) is 5.75 Å². The predicted molar refractivity (Wildman–Crippen MR) is 102 cm³/mol. The van der Waals surface area contributed by atoms with Gasteiger partial charge in [0.05, 0.1) is 19.7 Å². The van der Waals surface area contributed by atoms with Crippen molar-refractivity contribution in [3.05, 3.63) is 60.2 Å². The number of nitrogens with one attached hydrogen (secondary N) is 1. The van der Waals surface area contributed by atoms with E-state index in [4.69, 9.17) is 10.5 Å². The number of ether oxygens (including phenoxy) is 1. The second kappa shape index (κ2) is 9.58. The Morgan fingerprint density at radius 3 is 2.54 bits per heavy atom. The fraction of sp³-hybridized carbons (Fsp3) is 0.300. The monoisotopic (exact) mass is 355 g/mol. The van der Waals surface area contributed by atoms with Crippen LogP contribution in [0.1, 0.15) is 12.5 Å². The van der Waals surface area contributed by atoms with Gasteiger partial charge in [-0.05, 0) is 31.0 Å². The molecule has 0 aromatic heterocycles. The molecule has 1 unspecified atom stereocenters. The molecule has 1 atom stereocenters. The third-order valence-corrected chi connectivity index (χ3v) is 4.00. The van der Waals surface area contributed by atoms with Gasteiger partial charge in [-0.15, -0.1) is 0 Å². The number of carbonyl (C=O) groups excluding carboxylic acids is 2. The number of anilines is 1. The number of methoxy groups -OCH3 is 1. The lowest BCUT2D eigenvalue weighted by Crippen LogP contribution is -2.47. The second-order valence-corrected chi connectivity index (χ2v) is 5.93. The van der Waals surface area contributed by atoms with Crippen LogP contribution in [0.15, 0.2) is 54.6 Å². The molecule has 0 aliphatic rings. The summed E-state index contributed by atoms with van der Waals surface area (Å²) in [5.74, 6) is 0.133. The summed E-state index contributed by atoms with van der Waals surface area (Å²) in [6, 6.07) is 16.0. The van der Waals surface area contributed by atoms with Gasteiger partial charge in [-0.25, -0.2) is 0 Å². The Labute approximate surface area is 153 Å². The Morgan fingerprint density at radius 1 is 1.15 bits per heavy atom. The average molecular weight is 355 g/mol. The minimum absolute atomic E-state index is 0.0466. The maximum atomic E-state index is 12.6. The number of rotatable bonds is 8. The van der Waals surface area contributed by atoms with Crippen LogP contribution >= 0.6 is 0 Å². The lowest BCUT2D eigenvalue weighted by atomic mass is 10.1. The summed E-state index contributed by atoms with van der Waals surface area (Å²) in [5.41, 5.74) is 7.66. The van der Waals surface area contributed by atoms with Crippen LogP contribution in [-0.4, -0.2) is 43.0 Å². The maximum Gasteiger partial charge on any atom is 0.243 e. The first-order chi connectivity index (χ1) is 12.5. The van der Waals surface area contributed by atoms with E-state index in [0.29, 0.717) is 24.4 Å². The van der Waals surface area contributed by atoms with Crippen molar-refractivity contribution in [1.29, 1.82) is 0 Å². The van der Waals surface area contributed by atoms with Crippen LogP contribution in [-0.2, 0) is 16.0 Å². The molecule has 3 N–H and O–H groups in total. The number of benzene rings is 2. The van der Waals surface area contributed by atoms with Crippen molar-refractivity contribution in [2.45, 2.75) is 19.4 Å². The quantitative estimate of drug-likeness (QED) is 0.759. The van der Waals surface area contributed by atoms with Crippen molar-refractivity contribution in [3.63, 3.8) is 0 Å². The summed E-state index contributed by atoms with van der Waals surface area (Å²) < 4.78 is 5.13. The summed E-state index contributed by atoms with van der Waals surface area (Å²) in [4.78, 5) is 26.3. The number of nitrogens with two attached hydrogens (primary N) is 1. The van der Waals surface area contributed by atoms with Crippen LogP contribution in [0.2, 0.25) is 0 Å². The highest BCUT2D eigenvalue weighted by molar-refractivity contribution is 5.95. The highest BCUT2D eigenvalue weighted by Gasteiger charge is 2.22. The molecule has 0 aliphatic heterocycles. The van der Waals surface area contributed by atoms with Gasteiger partial charge in [0.25, 0.3) is 0 Å². The van der Waals surface area contributed by atoms with Gasteiger partial charge in [0.2, 0.25) is 11.8 Å². The summed E-state index contributed by atoms with van der Waals surface area (Å²) >= 11 is 0. The molecule has 0 spiro atoms. The summed E-state index contributed by atoms with van der Waals surface area (Å²) in [7, 11) is 1.56. The molecule has 0 saturated heterocycles. The number of hydrogen-bond donors (Lipinski definition) is 2. The molecule has 2 aromatic carbocycles. The minimum Gasteiger partial charge on any atom is -0.497 e. The Hall–Kier alpha value is -2.86. The number of nitrogens with zero attached hydrogens (tertiary/aromatic N) is 1. The third-order valence-electron chi connectivity index (χ3n) is 4.00. The molecule has 0 saturated carbocycles. The van der Waals surface area contributed by atoms with Crippen LogP contribution < -0.4 is 15.8 Å². The van der Waals surface area contributed by atoms with Crippen LogP contribution in [0.25, 0.3) is 0 Å². The minimum atomic E-state index is -0.679.